The quantitative estimate of drug-likeness (QED) is 0.744. The number of alkyl halides is 3. The third-order valence-electron chi connectivity index (χ3n) is 3.54. The van der Waals surface area contributed by atoms with Crippen LogP contribution in [0.25, 0.3) is 10.9 Å². The summed E-state index contributed by atoms with van der Waals surface area (Å²) in [5.41, 5.74) is 3.95. The molecule has 3 N–H and O–H groups in total. The van der Waals surface area contributed by atoms with Crippen LogP contribution < -0.4 is 16.5 Å². The number of pyridine rings is 1. The van der Waals surface area contributed by atoms with Crippen LogP contribution in [0.5, 0.6) is 0 Å². The van der Waals surface area contributed by atoms with Crippen LogP contribution in [0.3, 0.4) is 0 Å². The number of aromatic nitrogens is 2. The summed E-state index contributed by atoms with van der Waals surface area (Å²) in [6.45, 7) is 0. The van der Waals surface area contributed by atoms with Crippen molar-refractivity contribution in [2.45, 2.75) is 6.18 Å². The van der Waals surface area contributed by atoms with Gasteiger partial charge in [0.15, 0.2) is 10.6 Å². The second-order valence-corrected chi connectivity index (χ2v) is 6.23. The number of primary amides is 1. The van der Waals surface area contributed by atoms with Crippen molar-refractivity contribution in [2.24, 2.45) is 12.8 Å². The van der Waals surface area contributed by atoms with Crippen molar-refractivity contribution in [2.75, 3.05) is 5.32 Å². The van der Waals surface area contributed by atoms with Crippen molar-refractivity contribution in [1.29, 1.82) is 0 Å². The number of halogens is 3. The number of benzene rings is 1. The average molecular weight is 368 g/mol. The van der Waals surface area contributed by atoms with Gasteiger partial charge in [-0.1, -0.05) is 11.3 Å². The van der Waals surface area contributed by atoms with Crippen molar-refractivity contribution in [3.05, 3.63) is 51.3 Å². The van der Waals surface area contributed by atoms with Crippen molar-refractivity contribution >= 4 is 39.0 Å². The lowest BCUT2D eigenvalue weighted by Crippen LogP contribution is -2.19. The molecule has 0 saturated heterocycles. The van der Waals surface area contributed by atoms with Crippen molar-refractivity contribution in [3.63, 3.8) is 0 Å². The Balaban J connectivity index is 2.07. The van der Waals surface area contributed by atoms with Gasteiger partial charge in [0, 0.05) is 24.2 Å². The topological polar surface area (TPSA) is 90.0 Å². The molecule has 0 radical (unpaired) electrons. The molecule has 3 aromatic rings. The minimum Gasteiger partial charge on any atom is -0.365 e. The van der Waals surface area contributed by atoms with E-state index in [1.54, 1.807) is 6.07 Å². The fourth-order valence-corrected chi connectivity index (χ4v) is 3.05. The Morgan fingerprint density at radius 2 is 2.04 bits per heavy atom. The summed E-state index contributed by atoms with van der Waals surface area (Å²) in [6, 6.07) is 4.97. The maximum Gasteiger partial charge on any atom is 0.431 e. The van der Waals surface area contributed by atoms with Gasteiger partial charge in [-0.3, -0.25) is 9.59 Å². The average Bonchev–Trinajstić information content (AvgIpc) is 2.98. The van der Waals surface area contributed by atoms with E-state index < -0.39 is 23.2 Å². The first-order chi connectivity index (χ1) is 11.7. The minimum atomic E-state index is -4.64. The van der Waals surface area contributed by atoms with E-state index in [-0.39, 0.29) is 15.8 Å². The summed E-state index contributed by atoms with van der Waals surface area (Å²) in [7, 11) is 1.24. The van der Waals surface area contributed by atoms with Gasteiger partial charge in [0.2, 0.25) is 0 Å². The molecular formula is C15H11F3N4O2S. The number of rotatable bonds is 3. The molecule has 0 aliphatic rings. The lowest BCUT2D eigenvalue weighted by molar-refractivity contribution is -0.143. The largest absolute Gasteiger partial charge is 0.431 e. The van der Waals surface area contributed by atoms with Crippen LogP contribution in [-0.2, 0) is 13.2 Å². The summed E-state index contributed by atoms with van der Waals surface area (Å²) in [5, 5.41) is 3.40. The highest BCUT2D eigenvalue weighted by molar-refractivity contribution is 7.17. The normalized spacial score (nSPS) is 11.7. The number of nitrogens with two attached hydrogens (primary N) is 1. The molecule has 25 heavy (non-hydrogen) atoms. The highest BCUT2D eigenvalue weighted by atomic mass is 32.1. The predicted molar refractivity (Wildman–Crippen MR) is 88.1 cm³/mol. The van der Waals surface area contributed by atoms with Crippen molar-refractivity contribution in [3.8, 4) is 0 Å². The van der Waals surface area contributed by atoms with E-state index in [2.05, 4.69) is 10.3 Å². The maximum atomic E-state index is 13.1. The zero-order chi connectivity index (χ0) is 18.4. The molecule has 0 fully saturated rings. The molecule has 0 aliphatic carbocycles. The summed E-state index contributed by atoms with van der Waals surface area (Å²) in [4.78, 5) is 27.2. The number of nitrogens with one attached hydrogen (secondary N) is 1. The fourth-order valence-electron chi connectivity index (χ4n) is 2.37. The zero-order valence-corrected chi connectivity index (χ0v) is 13.5. The van der Waals surface area contributed by atoms with E-state index in [9.17, 15) is 22.8 Å². The molecule has 6 nitrogen and oxygen atoms in total. The van der Waals surface area contributed by atoms with Gasteiger partial charge in [-0.25, -0.2) is 4.98 Å². The molecule has 0 atom stereocenters. The van der Waals surface area contributed by atoms with Gasteiger partial charge in [-0.15, -0.1) is 0 Å². The number of carbonyl (C=O) groups is 1. The van der Waals surface area contributed by atoms with E-state index in [4.69, 9.17) is 5.73 Å². The maximum absolute atomic E-state index is 13.1. The van der Waals surface area contributed by atoms with Crippen LogP contribution in [-0.4, -0.2) is 15.5 Å². The molecule has 130 valence electrons. The second-order valence-electron chi connectivity index (χ2n) is 5.20. The molecule has 0 spiro atoms. The first-order valence-electron chi connectivity index (χ1n) is 6.90. The summed E-state index contributed by atoms with van der Waals surface area (Å²) < 4.78 is 40.1. The molecule has 0 saturated carbocycles. The Labute approximate surface area is 142 Å². The Morgan fingerprint density at radius 1 is 1.32 bits per heavy atom. The number of anilines is 2. The monoisotopic (exact) mass is 368 g/mol. The van der Waals surface area contributed by atoms with E-state index in [1.807, 2.05) is 0 Å². The molecule has 0 unspecified atom stereocenters. The highest BCUT2D eigenvalue weighted by Gasteiger charge is 2.34. The number of carbonyl (C=O) groups excluding carboxylic acids is 1. The van der Waals surface area contributed by atoms with E-state index in [1.165, 1.54) is 25.4 Å². The van der Waals surface area contributed by atoms with Gasteiger partial charge in [-0.2, -0.15) is 13.2 Å². The third-order valence-corrected chi connectivity index (χ3v) is 4.47. The predicted octanol–water partition coefficient (Wildman–Crippen LogP) is 2.86. The van der Waals surface area contributed by atoms with Crippen LogP contribution in [0.2, 0.25) is 0 Å². The zero-order valence-electron chi connectivity index (χ0n) is 12.7. The third kappa shape index (κ3) is 3.20. The number of aryl methyl sites for hydroxylation is 1. The van der Waals surface area contributed by atoms with Gasteiger partial charge >= 0.3 is 6.18 Å². The number of hydrogen-bond donors (Lipinski definition) is 2. The first-order valence-corrected chi connectivity index (χ1v) is 7.72. The van der Waals surface area contributed by atoms with Crippen molar-refractivity contribution in [1.82, 2.24) is 9.55 Å². The molecule has 0 bridgehead atoms. The summed E-state index contributed by atoms with van der Waals surface area (Å²) in [5.74, 6) is -0.624. The number of hydrogen-bond acceptors (Lipinski definition) is 5. The van der Waals surface area contributed by atoms with E-state index in [0.29, 0.717) is 16.9 Å². The van der Waals surface area contributed by atoms with Gasteiger partial charge in [0.1, 0.15) is 10.6 Å². The standard InChI is InChI=1S/C15H11F3N4O2S/c1-22-9-4-7(21-14-20-6-11(25-14)13(19)24)2-3-8(9)10(23)5-12(22)15(16,17)18/h2-6H,1H3,(H2,19,24)(H,20,21). The van der Waals surface area contributed by atoms with Gasteiger partial charge in [0.25, 0.3) is 5.91 Å². The molecule has 1 aromatic carbocycles. The number of amides is 1. The number of nitrogens with zero attached hydrogens (tertiary/aromatic N) is 2. The van der Waals surface area contributed by atoms with Crippen molar-refractivity contribution < 1.29 is 18.0 Å². The lowest BCUT2D eigenvalue weighted by atomic mass is 10.1. The van der Waals surface area contributed by atoms with Crippen LogP contribution >= 0.6 is 11.3 Å². The van der Waals surface area contributed by atoms with Crippen LogP contribution in [0, 0.1) is 0 Å². The second kappa shape index (κ2) is 5.88. The smallest absolute Gasteiger partial charge is 0.365 e. The molecule has 1 amide bonds. The molecule has 3 rings (SSSR count). The molecule has 2 heterocycles. The Kier molecular flexibility index (Phi) is 3.99. The van der Waals surface area contributed by atoms with Gasteiger partial charge in [0.05, 0.1) is 11.7 Å². The van der Waals surface area contributed by atoms with Gasteiger partial charge < -0.3 is 15.6 Å². The molecule has 2 aromatic heterocycles. The van der Waals surface area contributed by atoms with Gasteiger partial charge in [-0.05, 0) is 18.2 Å². The highest BCUT2D eigenvalue weighted by Crippen LogP contribution is 2.31. The Hall–Kier alpha value is -2.88. The van der Waals surface area contributed by atoms with Crippen LogP contribution in [0.1, 0.15) is 15.4 Å². The lowest BCUT2D eigenvalue weighted by Gasteiger charge is -2.15. The fraction of sp³-hybridized carbons (Fsp3) is 0.133. The molecular weight excluding hydrogens is 357 g/mol. The number of fused-ring (bicyclic) bond motifs is 1. The minimum absolute atomic E-state index is 0.122. The molecule has 10 heteroatoms. The van der Waals surface area contributed by atoms with E-state index >= 15 is 0 Å². The Bertz CT molecular complexity index is 1040. The van der Waals surface area contributed by atoms with E-state index in [0.717, 1.165) is 15.9 Å². The number of thiazole rings is 1. The first kappa shape index (κ1) is 17.0. The Morgan fingerprint density at radius 3 is 2.64 bits per heavy atom. The van der Waals surface area contributed by atoms with Crippen LogP contribution in [0.4, 0.5) is 24.0 Å². The summed E-state index contributed by atoms with van der Waals surface area (Å²) >= 11 is 1.01. The van der Waals surface area contributed by atoms with Crippen LogP contribution in [0.15, 0.2) is 35.3 Å². The SMILES string of the molecule is Cn1c(C(F)(F)F)cc(=O)c2ccc(Nc3ncc(C(N)=O)s3)cc21. The molecule has 0 aliphatic heterocycles. The summed E-state index contributed by atoms with van der Waals surface area (Å²) in [6.07, 6.45) is -3.34.